The summed E-state index contributed by atoms with van der Waals surface area (Å²) in [6.07, 6.45) is 8.67. The highest BCUT2D eigenvalue weighted by Gasteiger charge is 2.36. The number of fused-ring (bicyclic) bond motifs is 8. The van der Waals surface area contributed by atoms with Gasteiger partial charge in [-0.25, -0.2) is 0 Å². The summed E-state index contributed by atoms with van der Waals surface area (Å²) in [5.41, 5.74) is 23.3. The van der Waals surface area contributed by atoms with E-state index in [-0.39, 0.29) is 43.3 Å². The summed E-state index contributed by atoms with van der Waals surface area (Å²) in [5.74, 6) is 0. The summed E-state index contributed by atoms with van der Waals surface area (Å²) in [6, 6.07) is 24.7. The Bertz CT molecular complexity index is 3590. The maximum absolute atomic E-state index is 8.12. The number of aryl methyl sites for hydroxylation is 4. The minimum absolute atomic E-state index is 0.111. The summed E-state index contributed by atoms with van der Waals surface area (Å²) < 4.78 is 32.5. The molecule has 0 saturated heterocycles. The van der Waals surface area contributed by atoms with E-state index < -0.39 is 16.0 Å². The van der Waals surface area contributed by atoms with Gasteiger partial charge in [0.15, 0.2) is 0 Å². The standard InChI is InChI=1S/C78H104O4P2/c1-45-35-47-31-27-29-33-53(47)63(69(45)83-79-65-55(37-49(71(3,4)5)41-59(65)75(15,16)17)56-38-50(72(6,7)8)42-60(66(56)80-83)76(18,19)20)64-54-34-30-28-32-48(54)36-46(2)70(64)84-81-67-57(39-51(73(9,10)11)43-61(67)77(21,22)23)58-40-52(74(12,13)14)44-62(68(58)82-84)78(24,25)26/h35-44H,27-34H2,1-26H3. The molecule has 0 amide bonds. The Morgan fingerprint density at radius 3 is 0.726 bits per heavy atom. The molecule has 6 heteroatoms. The van der Waals surface area contributed by atoms with E-state index in [4.69, 9.17) is 16.8 Å². The molecule has 450 valence electrons. The van der Waals surface area contributed by atoms with Gasteiger partial charge in [0.05, 0.1) is 10.6 Å². The van der Waals surface area contributed by atoms with Crippen molar-refractivity contribution >= 4 is 59.9 Å². The SMILES string of the molecule is Cc1cc2c(c(-c3c4c(cc(C)c3-p3oc5c(C(C)(C)C)cc(C(C)(C)C)cc5c5cc(C(C)(C)C)cc(C(C)(C)C)c5o3)CCCC4)c1-p1oc3c(C(C)(C)C)cc(C(C)(C)C)cc3c3cc(C(C)(C)C)cc(C(C)(C)C)c3o1)CCCC2. The molecule has 4 nitrogen and oxygen atoms in total. The van der Waals surface area contributed by atoms with Crippen LogP contribution in [0.3, 0.4) is 0 Å². The predicted molar refractivity (Wildman–Crippen MR) is 367 cm³/mol. The molecule has 0 N–H and O–H groups in total. The molecule has 0 fully saturated rings. The van der Waals surface area contributed by atoms with Crippen LogP contribution in [0.25, 0.3) is 65.6 Å². The van der Waals surface area contributed by atoms with Crippen molar-refractivity contribution in [1.82, 2.24) is 0 Å². The molecule has 0 aliphatic heterocycles. The maximum atomic E-state index is 8.12. The van der Waals surface area contributed by atoms with E-state index in [1.807, 2.05) is 0 Å². The first-order chi connectivity index (χ1) is 38.5. The Balaban J connectivity index is 1.49. The van der Waals surface area contributed by atoms with E-state index in [1.54, 1.807) is 0 Å². The zero-order valence-electron chi connectivity index (χ0n) is 57.0. The first-order valence-corrected chi connectivity index (χ1v) is 34.3. The van der Waals surface area contributed by atoms with Gasteiger partial charge < -0.3 is 16.8 Å². The van der Waals surface area contributed by atoms with Crippen LogP contribution < -0.4 is 0 Å². The summed E-state index contributed by atoms with van der Waals surface area (Å²) >= 11 is 0. The lowest BCUT2D eigenvalue weighted by Gasteiger charge is -2.29. The summed E-state index contributed by atoms with van der Waals surface area (Å²) in [5, 5.41) is 6.89. The number of benzene rings is 6. The zero-order valence-corrected chi connectivity index (χ0v) is 58.7. The molecular weight excluding hydrogens is 1060 g/mol. The van der Waals surface area contributed by atoms with E-state index in [0.717, 1.165) is 82.4 Å². The molecular formula is C78H104O4P2. The highest BCUT2D eigenvalue weighted by Crippen LogP contribution is 2.60. The minimum atomic E-state index is -1.84. The first kappa shape index (κ1) is 62.2. The largest absolute Gasteiger partial charge is 0.415 e. The molecule has 2 aliphatic carbocycles. The summed E-state index contributed by atoms with van der Waals surface area (Å²) in [7, 11) is -3.67. The van der Waals surface area contributed by atoms with Gasteiger partial charge >= 0.3 is 0 Å². The van der Waals surface area contributed by atoms with Crippen LogP contribution in [0, 0.1) is 13.8 Å². The molecule has 0 atom stereocenters. The van der Waals surface area contributed by atoms with Crippen LogP contribution in [-0.4, -0.2) is 0 Å². The van der Waals surface area contributed by atoms with Gasteiger partial charge in [-0.15, -0.1) is 0 Å². The van der Waals surface area contributed by atoms with Crippen molar-refractivity contribution in [1.29, 1.82) is 0 Å². The Hall–Kier alpha value is -4.88. The van der Waals surface area contributed by atoms with Crippen LogP contribution >= 0.6 is 16.0 Å². The van der Waals surface area contributed by atoms with Crippen molar-refractivity contribution in [2.45, 2.75) is 275 Å². The fraction of sp³-hybridized carbons (Fsp3) is 0.538. The van der Waals surface area contributed by atoms with Gasteiger partial charge in [-0.1, -0.05) is 203 Å². The number of rotatable bonds is 3. The number of hydrogen-bond acceptors (Lipinski definition) is 4. The number of hydrogen-bond donors (Lipinski definition) is 0. The topological polar surface area (TPSA) is 52.6 Å². The van der Waals surface area contributed by atoms with Crippen molar-refractivity contribution in [3.63, 3.8) is 0 Å². The van der Waals surface area contributed by atoms with Gasteiger partial charge in [-0.2, -0.15) is 0 Å². The van der Waals surface area contributed by atoms with E-state index in [1.165, 1.54) is 112 Å². The Morgan fingerprint density at radius 1 is 0.286 bits per heavy atom. The predicted octanol–water partition coefficient (Wildman–Crippen LogP) is 25.3. The molecule has 0 bridgehead atoms. The smallest absolute Gasteiger partial charge is 0.253 e. The minimum Gasteiger partial charge on any atom is -0.415 e. The van der Waals surface area contributed by atoms with Crippen LogP contribution in [0.4, 0.5) is 0 Å². The third kappa shape index (κ3) is 11.5. The van der Waals surface area contributed by atoms with Gasteiger partial charge in [-0.05, 0) is 188 Å². The van der Waals surface area contributed by atoms with Crippen molar-refractivity contribution in [2.75, 3.05) is 0 Å². The van der Waals surface area contributed by atoms with Gasteiger partial charge in [0.25, 0.3) is 16.0 Å². The van der Waals surface area contributed by atoms with Gasteiger partial charge in [0.2, 0.25) is 0 Å². The summed E-state index contributed by atoms with van der Waals surface area (Å²) in [4.78, 5) is 0. The Morgan fingerprint density at radius 2 is 0.512 bits per heavy atom. The molecule has 0 radical (unpaired) electrons. The van der Waals surface area contributed by atoms with E-state index in [0.29, 0.717) is 0 Å². The third-order valence-corrected chi connectivity index (χ3v) is 21.8. The Kier molecular flexibility index (Phi) is 15.5. The highest BCUT2D eigenvalue weighted by atomic mass is 31.1. The van der Waals surface area contributed by atoms with Gasteiger partial charge in [0, 0.05) is 54.9 Å². The average Bonchev–Trinajstić information content (AvgIpc) is 1.88. The fourth-order valence-electron chi connectivity index (χ4n) is 13.3. The van der Waals surface area contributed by atoms with Crippen molar-refractivity contribution in [3.05, 3.63) is 139 Å². The van der Waals surface area contributed by atoms with Crippen molar-refractivity contribution in [3.8, 4) is 21.7 Å². The van der Waals surface area contributed by atoms with E-state index in [2.05, 4.69) is 241 Å². The molecule has 2 aromatic heterocycles. The van der Waals surface area contributed by atoms with E-state index >= 15 is 0 Å². The van der Waals surface area contributed by atoms with Crippen LogP contribution in [0.2, 0.25) is 0 Å². The molecule has 0 spiro atoms. The molecule has 84 heavy (non-hydrogen) atoms. The second-order valence-electron chi connectivity index (χ2n) is 34.0. The fourth-order valence-corrected chi connectivity index (χ4v) is 16.8. The average molecular weight is 1170 g/mol. The van der Waals surface area contributed by atoms with Crippen LogP contribution in [-0.2, 0) is 69.0 Å². The molecule has 2 heterocycles. The van der Waals surface area contributed by atoms with Gasteiger partial charge in [-0.3, -0.25) is 0 Å². The maximum Gasteiger partial charge on any atom is 0.253 e. The molecule has 10 rings (SSSR count). The quantitative estimate of drug-likeness (QED) is 0.177. The summed E-state index contributed by atoms with van der Waals surface area (Å²) in [6.45, 7) is 61.2. The highest BCUT2D eigenvalue weighted by molar-refractivity contribution is 7.47. The van der Waals surface area contributed by atoms with Crippen LogP contribution in [0.5, 0.6) is 0 Å². The van der Waals surface area contributed by atoms with Gasteiger partial charge in [0.1, 0.15) is 22.3 Å². The monoisotopic (exact) mass is 1170 g/mol. The lowest BCUT2D eigenvalue weighted by atomic mass is 9.77. The van der Waals surface area contributed by atoms with Crippen LogP contribution in [0.1, 0.15) is 270 Å². The Labute approximate surface area is 508 Å². The second-order valence-corrected chi connectivity index (χ2v) is 36.7. The van der Waals surface area contributed by atoms with Crippen molar-refractivity contribution < 1.29 is 16.8 Å². The lowest BCUT2D eigenvalue weighted by molar-refractivity contribution is 0.555. The molecule has 0 unspecified atom stereocenters. The molecule has 8 aromatic rings. The normalized spacial score (nSPS) is 15.1. The van der Waals surface area contributed by atoms with Crippen molar-refractivity contribution in [2.24, 2.45) is 0 Å². The molecule has 0 saturated carbocycles. The first-order valence-electron chi connectivity index (χ1n) is 31.9. The zero-order chi connectivity index (χ0) is 61.7. The lowest BCUT2D eigenvalue weighted by Crippen LogP contribution is -2.17. The molecule has 2 aliphatic rings. The van der Waals surface area contributed by atoms with Crippen LogP contribution in [0.15, 0.2) is 77.5 Å². The second kappa shape index (κ2) is 20.9. The third-order valence-electron chi connectivity index (χ3n) is 18.6. The van der Waals surface area contributed by atoms with E-state index in [9.17, 15) is 0 Å². The molecule has 6 aromatic carbocycles.